The standard InChI is InChI=1S/C10H16N2O2S/c1-9(8-10(13)14-2)15-7-6-12-5-3-4-11-12/h3-5,9H,6-8H2,1-2H3. The highest BCUT2D eigenvalue weighted by Crippen LogP contribution is 2.14. The lowest BCUT2D eigenvalue weighted by Gasteiger charge is -2.09. The molecule has 0 aliphatic rings. The highest BCUT2D eigenvalue weighted by atomic mass is 32.2. The van der Waals surface area contributed by atoms with Crippen LogP contribution in [0.15, 0.2) is 18.5 Å². The van der Waals surface area contributed by atoms with E-state index in [9.17, 15) is 4.79 Å². The highest BCUT2D eigenvalue weighted by molar-refractivity contribution is 7.99. The van der Waals surface area contributed by atoms with Gasteiger partial charge in [0.15, 0.2) is 0 Å². The zero-order chi connectivity index (χ0) is 11.1. The van der Waals surface area contributed by atoms with Crippen LogP contribution in [0.1, 0.15) is 13.3 Å². The summed E-state index contributed by atoms with van der Waals surface area (Å²) in [6.07, 6.45) is 4.17. The summed E-state index contributed by atoms with van der Waals surface area (Å²) < 4.78 is 6.49. The van der Waals surface area contributed by atoms with Crippen LogP contribution >= 0.6 is 11.8 Å². The molecule has 84 valence electrons. The Hall–Kier alpha value is -0.970. The predicted molar refractivity (Wildman–Crippen MR) is 60.8 cm³/mol. The minimum Gasteiger partial charge on any atom is -0.469 e. The smallest absolute Gasteiger partial charge is 0.306 e. The van der Waals surface area contributed by atoms with Gasteiger partial charge in [-0.1, -0.05) is 6.92 Å². The highest BCUT2D eigenvalue weighted by Gasteiger charge is 2.08. The molecule has 1 aromatic rings. The van der Waals surface area contributed by atoms with E-state index in [0.29, 0.717) is 11.7 Å². The number of aromatic nitrogens is 2. The van der Waals surface area contributed by atoms with Crippen molar-refractivity contribution in [3.63, 3.8) is 0 Å². The fourth-order valence-electron chi connectivity index (χ4n) is 1.16. The number of carbonyl (C=O) groups is 1. The fraction of sp³-hybridized carbons (Fsp3) is 0.600. The number of hydrogen-bond donors (Lipinski definition) is 0. The first-order valence-electron chi connectivity index (χ1n) is 4.88. The molecule has 1 atom stereocenters. The minimum absolute atomic E-state index is 0.144. The first-order chi connectivity index (χ1) is 7.22. The summed E-state index contributed by atoms with van der Waals surface area (Å²) in [5.41, 5.74) is 0. The molecule has 1 aromatic heterocycles. The van der Waals surface area contributed by atoms with Crippen LogP contribution in [0.5, 0.6) is 0 Å². The van der Waals surface area contributed by atoms with Crippen molar-refractivity contribution < 1.29 is 9.53 Å². The maximum Gasteiger partial charge on any atom is 0.306 e. The number of methoxy groups -OCH3 is 1. The molecule has 0 bridgehead atoms. The molecule has 0 spiro atoms. The normalized spacial score (nSPS) is 12.4. The van der Waals surface area contributed by atoms with E-state index in [-0.39, 0.29) is 5.97 Å². The molecule has 4 nitrogen and oxygen atoms in total. The number of thioether (sulfide) groups is 1. The van der Waals surface area contributed by atoms with E-state index in [2.05, 4.69) is 9.84 Å². The summed E-state index contributed by atoms with van der Waals surface area (Å²) in [7, 11) is 1.42. The van der Waals surface area contributed by atoms with Crippen molar-refractivity contribution in [2.45, 2.75) is 25.1 Å². The minimum atomic E-state index is -0.144. The van der Waals surface area contributed by atoms with Crippen molar-refractivity contribution in [1.82, 2.24) is 9.78 Å². The molecular weight excluding hydrogens is 212 g/mol. The fourth-order valence-corrected chi connectivity index (χ4v) is 2.11. The lowest BCUT2D eigenvalue weighted by atomic mass is 10.3. The van der Waals surface area contributed by atoms with Crippen LogP contribution in [0.4, 0.5) is 0 Å². The van der Waals surface area contributed by atoms with Gasteiger partial charge < -0.3 is 4.74 Å². The number of esters is 1. The van der Waals surface area contributed by atoms with Crippen LogP contribution < -0.4 is 0 Å². The number of rotatable bonds is 6. The Morgan fingerprint density at radius 3 is 3.07 bits per heavy atom. The average molecular weight is 228 g/mol. The van der Waals surface area contributed by atoms with Crippen LogP contribution in [-0.2, 0) is 16.1 Å². The zero-order valence-electron chi connectivity index (χ0n) is 9.05. The molecule has 0 aliphatic heterocycles. The van der Waals surface area contributed by atoms with Gasteiger partial charge >= 0.3 is 5.97 Å². The molecule has 0 amide bonds. The third-order valence-corrected chi connectivity index (χ3v) is 3.12. The second kappa shape index (κ2) is 6.50. The summed E-state index contributed by atoms with van der Waals surface area (Å²) in [4.78, 5) is 11.0. The van der Waals surface area contributed by atoms with E-state index in [1.807, 2.05) is 23.9 Å². The summed E-state index contributed by atoms with van der Waals surface area (Å²) in [6.45, 7) is 2.91. The number of nitrogens with zero attached hydrogens (tertiary/aromatic N) is 2. The van der Waals surface area contributed by atoms with Crippen LogP contribution in [0, 0.1) is 0 Å². The van der Waals surface area contributed by atoms with Crippen LogP contribution in [-0.4, -0.2) is 33.9 Å². The number of hydrogen-bond acceptors (Lipinski definition) is 4. The lowest BCUT2D eigenvalue weighted by Crippen LogP contribution is -2.10. The van der Waals surface area contributed by atoms with E-state index in [0.717, 1.165) is 12.3 Å². The van der Waals surface area contributed by atoms with Gasteiger partial charge in [-0.05, 0) is 6.07 Å². The van der Waals surface area contributed by atoms with Crippen molar-refractivity contribution in [1.29, 1.82) is 0 Å². The van der Waals surface area contributed by atoms with E-state index in [1.54, 1.807) is 18.0 Å². The maximum absolute atomic E-state index is 11.0. The van der Waals surface area contributed by atoms with Gasteiger partial charge in [-0.3, -0.25) is 9.48 Å². The topological polar surface area (TPSA) is 44.1 Å². The van der Waals surface area contributed by atoms with Crippen molar-refractivity contribution in [2.75, 3.05) is 12.9 Å². The molecule has 1 heterocycles. The van der Waals surface area contributed by atoms with Crippen molar-refractivity contribution in [3.05, 3.63) is 18.5 Å². The average Bonchev–Trinajstić information content (AvgIpc) is 2.70. The molecule has 5 heteroatoms. The molecule has 0 saturated heterocycles. The maximum atomic E-state index is 11.0. The van der Waals surface area contributed by atoms with Gasteiger partial charge in [-0.15, -0.1) is 0 Å². The number of ether oxygens (including phenoxy) is 1. The van der Waals surface area contributed by atoms with Gasteiger partial charge in [0, 0.05) is 29.9 Å². The van der Waals surface area contributed by atoms with Crippen LogP contribution in [0.2, 0.25) is 0 Å². The Labute approximate surface area is 94.0 Å². The van der Waals surface area contributed by atoms with Crippen molar-refractivity contribution >= 4 is 17.7 Å². The molecule has 1 unspecified atom stereocenters. The largest absolute Gasteiger partial charge is 0.469 e. The van der Waals surface area contributed by atoms with Gasteiger partial charge in [0.1, 0.15) is 0 Å². The molecule has 0 aromatic carbocycles. The quantitative estimate of drug-likeness (QED) is 0.693. The molecule has 0 radical (unpaired) electrons. The van der Waals surface area contributed by atoms with Gasteiger partial charge in [-0.25, -0.2) is 0 Å². The first-order valence-corrected chi connectivity index (χ1v) is 5.93. The van der Waals surface area contributed by atoms with Gasteiger partial charge in [0.05, 0.1) is 13.5 Å². The van der Waals surface area contributed by atoms with E-state index in [4.69, 9.17) is 0 Å². The second-order valence-corrected chi connectivity index (χ2v) is 4.78. The Kier molecular flexibility index (Phi) is 5.25. The van der Waals surface area contributed by atoms with Crippen LogP contribution in [0.25, 0.3) is 0 Å². The molecular formula is C10H16N2O2S. The van der Waals surface area contributed by atoms with Crippen molar-refractivity contribution in [3.8, 4) is 0 Å². The Morgan fingerprint density at radius 2 is 2.47 bits per heavy atom. The molecule has 0 saturated carbocycles. The number of carbonyl (C=O) groups excluding carboxylic acids is 1. The lowest BCUT2D eigenvalue weighted by molar-refractivity contribution is -0.140. The molecule has 0 N–H and O–H groups in total. The van der Waals surface area contributed by atoms with Crippen LogP contribution in [0.3, 0.4) is 0 Å². The summed E-state index contributed by atoms with van der Waals surface area (Å²) in [5, 5.41) is 4.40. The second-order valence-electron chi connectivity index (χ2n) is 3.23. The summed E-state index contributed by atoms with van der Waals surface area (Å²) >= 11 is 1.76. The first kappa shape index (κ1) is 12.1. The Balaban J connectivity index is 2.12. The summed E-state index contributed by atoms with van der Waals surface area (Å²) in [5.74, 6) is 0.814. The predicted octanol–water partition coefficient (Wildman–Crippen LogP) is 1.57. The number of aryl methyl sites for hydroxylation is 1. The van der Waals surface area contributed by atoms with Gasteiger partial charge in [0.25, 0.3) is 0 Å². The molecule has 0 aliphatic carbocycles. The zero-order valence-corrected chi connectivity index (χ0v) is 9.87. The Morgan fingerprint density at radius 1 is 1.67 bits per heavy atom. The van der Waals surface area contributed by atoms with Crippen molar-refractivity contribution in [2.24, 2.45) is 0 Å². The molecule has 1 rings (SSSR count). The molecule has 0 fully saturated rings. The van der Waals surface area contributed by atoms with E-state index < -0.39 is 0 Å². The van der Waals surface area contributed by atoms with Gasteiger partial charge in [-0.2, -0.15) is 16.9 Å². The summed E-state index contributed by atoms with van der Waals surface area (Å²) in [6, 6.07) is 1.91. The Bertz CT molecular complexity index is 288. The van der Waals surface area contributed by atoms with Gasteiger partial charge in [0.2, 0.25) is 0 Å². The van der Waals surface area contributed by atoms with E-state index in [1.165, 1.54) is 7.11 Å². The third kappa shape index (κ3) is 4.88. The monoisotopic (exact) mass is 228 g/mol. The third-order valence-electron chi connectivity index (χ3n) is 1.96. The van der Waals surface area contributed by atoms with E-state index >= 15 is 0 Å². The molecule has 15 heavy (non-hydrogen) atoms. The SMILES string of the molecule is COC(=O)CC(C)SCCn1cccn1.